The summed E-state index contributed by atoms with van der Waals surface area (Å²) in [5.74, 6) is -1.26. The number of Topliss-reactive ketones (excluding diaryl/α,β-unsaturated/α-hetero) is 1. The number of carbonyl (C=O) groups excluding carboxylic acids is 3. The molecule has 1 amide bonds. The van der Waals surface area contributed by atoms with Crippen LogP contribution in [0.5, 0.6) is 0 Å². The van der Waals surface area contributed by atoms with Gasteiger partial charge in [-0.3, -0.25) is 4.79 Å². The molecular formula is C20H28BrNO5. The summed E-state index contributed by atoms with van der Waals surface area (Å²) >= 11 is 3.36. The third kappa shape index (κ3) is 8.56. The molecule has 0 spiro atoms. The van der Waals surface area contributed by atoms with Gasteiger partial charge in [0.1, 0.15) is 17.4 Å². The van der Waals surface area contributed by atoms with Gasteiger partial charge < -0.3 is 14.8 Å². The molecule has 0 aliphatic carbocycles. The van der Waals surface area contributed by atoms with Crippen molar-refractivity contribution >= 4 is 33.8 Å². The smallest absolute Gasteiger partial charge is 0.408 e. The van der Waals surface area contributed by atoms with Crippen molar-refractivity contribution in [3.8, 4) is 0 Å². The van der Waals surface area contributed by atoms with Gasteiger partial charge in [0, 0.05) is 10.4 Å². The van der Waals surface area contributed by atoms with E-state index in [0.717, 1.165) is 10.0 Å². The number of halogens is 1. The Hall–Kier alpha value is -1.89. The van der Waals surface area contributed by atoms with Gasteiger partial charge in [-0.1, -0.05) is 28.1 Å². The first-order chi connectivity index (χ1) is 12.4. The summed E-state index contributed by atoms with van der Waals surface area (Å²) in [6.07, 6.45) is -0.989. The maximum Gasteiger partial charge on any atom is 0.408 e. The van der Waals surface area contributed by atoms with Gasteiger partial charge in [-0.2, -0.15) is 0 Å². The minimum Gasteiger partial charge on any atom is -0.461 e. The third-order valence-corrected chi connectivity index (χ3v) is 4.09. The van der Waals surface area contributed by atoms with Crippen LogP contribution in [0.3, 0.4) is 0 Å². The summed E-state index contributed by atoms with van der Waals surface area (Å²) in [6, 6.07) is 6.28. The molecule has 1 aromatic rings. The highest BCUT2D eigenvalue weighted by molar-refractivity contribution is 9.10. The zero-order valence-electron chi connectivity index (χ0n) is 16.7. The largest absolute Gasteiger partial charge is 0.461 e. The Bertz CT molecular complexity index is 664. The van der Waals surface area contributed by atoms with E-state index in [2.05, 4.69) is 21.2 Å². The number of hydrogen-bond acceptors (Lipinski definition) is 5. The van der Waals surface area contributed by atoms with Crippen molar-refractivity contribution in [2.45, 2.75) is 71.6 Å². The van der Waals surface area contributed by atoms with Crippen molar-refractivity contribution in [2.75, 3.05) is 0 Å². The van der Waals surface area contributed by atoms with E-state index in [9.17, 15) is 14.4 Å². The van der Waals surface area contributed by atoms with Crippen molar-refractivity contribution in [1.29, 1.82) is 0 Å². The summed E-state index contributed by atoms with van der Waals surface area (Å²) in [7, 11) is 0. The topological polar surface area (TPSA) is 81.7 Å². The van der Waals surface area contributed by atoms with E-state index in [1.165, 1.54) is 6.92 Å². The summed E-state index contributed by atoms with van der Waals surface area (Å²) in [5.41, 5.74) is 0.0569. The van der Waals surface area contributed by atoms with Crippen molar-refractivity contribution in [3.05, 3.63) is 34.3 Å². The second-order valence-electron chi connectivity index (χ2n) is 7.63. The van der Waals surface area contributed by atoms with Crippen LogP contribution in [-0.4, -0.2) is 35.6 Å². The number of esters is 1. The van der Waals surface area contributed by atoms with Gasteiger partial charge >= 0.3 is 12.1 Å². The summed E-state index contributed by atoms with van der Waals surface area (Å²) in [5, 5.41) is 2.55. The highest BCUT2D eigenvalue weighted by atomic mass is 79.9. The Kier molecular flexibility index (Phi) is 8.47. The first-order valence-electron chi connectivity index (χ1n) is 8.85. The van der Waals surface area contributed by atoms with Crippen molar-refractivity contribution in [3.63, 3.8) is 0 Å². The number of carbonyl (C=O) groups is 3. The van der Waals surface area contributed by atoms with Gasteiger partial charge in [0.15, 0.2) is 0 Å². The van der Waals surface area contributed by atoms with Crippen LogP contribution in [0.25, 0.3) is 0 Å². The maximum atomic E-state index is 12.5. The Morgan fingerprint density at radius 1 is 1.11 bits per heavy atom. The van der Waals surface area contributed by atoms with Crippen molar-refractivity contribution in [1.82, 2.24) is 5.32 Å². The first-order valence-corrected chi connectivity index (χ1v) is 9.64. The first kappa shape index (κ1) is 23.1. The van der Waals surface area contributed by atoms with Crippen LogP contribution in [0.1, 0.15) is 59.4 Å². The minimum absolute atomic E-state index is 0.0851. The zero-order chi connectivity index (χ0) is 20.8. The van der Waals surface area contributed by atoms with Gasteiger partial charge in [0.25, 0.3) is 0 Å². The summed E-state index contributed by atoms with van der Waals surface area (Å²) in [4.78, 5) is 36.9. The zero-order valence-corrected chi connectivity index (χ0v) is 18.3. The average molecular weight is 442 g/mol. The quantitative estimate of drug-likeness (QED) is 0.635. The summed E-state index contributed by atoms with van der Waals surface area (Å²) in [6.45, 7) is 10.1. The number of ketones is 1. The van der Waals surface area contributed by atoms with Crippen LogP contribution >= 0.6 is 15.9 Å². The molecule has 0 fully saturated rings. The second-order valence-corrected chi connectivity index (χ2v) is 8.55. The number of amides is 1. The fraction of sp³-hybridized carbons (Fsp3) is 0.550. The van der Waals surface area contributed by atoms with Gasteiger partial charge in [0.05, 0.1) is 6.10 Å². The summed E-state index contributed by atoms with van der Waals surface area (Å²) < 4.78 is 11.4. The van der Waals surface area contributed by atoms with Gasteiger partial charge in [-0.05, 0) is 65.7 Å². The molecule has 0 saturated heterocycles. The average Bonchev–Trinajstić information content (AvgIpc) is 2.49. The van der Waals surface area contributed by atoms with E-state index in [0.29, 0.717) is 0 Å². The molecule has 0 radical (unpaired) electrons. The molecule has 150 valence electrons. The highest BCUT2D eigenvalue weighted by Gasteiger charge is 2.31. The number of ether oxygens (including phenoxy) is 2. The maximum absolute atomic E-state index is 12.5. The molecule has 0 aromatic heterocycles. The van der Waals surface area contributed by atoms with Crippen molar-refractivity contribution in [2.24, 2.45) is 0 Å². The molecule has 2 atom stereocenters. The molecular weight excluding hydrogens is 414 g/mol. The molecule has 1 N–H and O–H groups in total. The number of nitrogens with one attached hydrogen (secondary N) is 1. The molecule has 0 bridgehead atoms. The van der Waals surface area contributed by atoms with Crippen LogP contribution in [0, 0.1) is 0 Å². The normalized spacial score (nSPS) is 13.6. The number of benzene rings is 1. The molecule has 1 aromatic carbocycles. The lowest BCUT2D eigenvalue weighted by Crippen LogP contribution is -2.46. The van der Waals surface area contributed by atoms with E-state index in [1.807, 2.05) is 24.3 Å². The molecule has 0 heterocycles. The standard InChI is InChI=1S/C20H28BrNO5/c1-12(2)26-18(24)17(22-19(25)27-20(4,5)6)11-16(13(3)23)14-7-9-15(21)10-8-14/h7-10,12,16-17H,11H2,1-6H3,(H,22,25)/t16?,17-/m0/s1. The van der Waals surface area contributed by atoms with E-state index in [1.54, 1.807) is 34.6 Å². The Morgan fingerprint density at radius 2 is 1.67 bits per heavy atom. The highest BCUT2D eigenvalue weighted by Crippen LogP contribution is 2.25. The monoisotopic (exact) mass is 441 g/mol. The molecule has 0 aliphatic rings. The number of alkyl carbamates (subject to hydrolysis) is 1. The lowest BCUT2D eigenvalue weighted by molar-refractivity contribution is -0.150. The Balaban J connectivity index is 3.04. The predicted octanol–water partition coefficient (Wildman–Crippen LogP) is 4.36. The molecule has 0 aliphatic heterocycles. The molecule has 1 unspecified atom stereocenters. The predicted molar refractivity (Wildman–Crippen MR) is 107 cm³/mol. The SMILES string of the molecule is CC(=O)C(C[C@H](NC(=O)OC(C)(C)C)C(=O)OC(C)C)c1ccc(Br)cc1. The molecule has 1 rings (SSSR count). The van der Waals surface area contributed by atoms with Crippen LogP contribution in [0.15, 0.2) is 28.7 Å². The second kappa shape index (κ2) is 9.88. The van der Waals surface area contributed by atoms with E-state index < -0.39 is 29.6 Å². The van der Waals surface area contributed by atoms with E-state index >= 15 is 0 Å². The van der Waals surface area contributed by atoms with Crippen LogP contribution in [-0.2, 0) is 19.1 Å². The van der Waals surface area contributed by atoms with Crippen LogP contribution in [0.2, 0.25) is 0 Å². The Labute approximate surface area is 169 Å². The Morgan fingerprint density at radius 3 is 2.11 bits per heavy atom. The lowest BCUT2D eigenvalue weighted by Gasteiger charge is -2.25. The van der Waals surface area contributed by atoms with E-state index in [-0.39, 0.29) is 18.3 Å². The van der Waals surface area contributed by atoms with Gasteiger partial charge in [-0.25, -0.2) is 9.59 Å². The molecule has 0 saturated carbocycles. The van der Waals surface area contributed by atoms with E-state index in [4.69, 9.17) is 9.47 Å². The third-order valence-electron chi connectivity index (χ3n) is 3.56. The minimum atomic E-state index is -1.00. The lowest BCUT2D eigenvalue weighted by atomic mass is 9.89. The van der Waals surface area contributed by atoms with Crippen molar-refractivity contribution < 1.29 is 23.9 Å². The van der Waals surface area contributed by atoms with Gasteiger partial charge in [-0.15, -0.1) is 0 Å². The van der Waals surface area contributed by atoms with Crippen LogP contribution < -0.4 is 5.32 Å². The fourth-order valence-corrected chi connectivity index (χ4v) is 2.71. The molecule has 7 heteroatoms. The molecule has 27 heavy (non-hydrogen) atoms. The van der Waals surface area contributed by atoms with Gasteiger partial charge in [0.2, 0.25) is 0 Å². The number of hydrogen-bond donors (Lipinski definition) is 1. The fourth-order valence-electron chi connectivity index (χ4n) is 2.45. The number of rotatable bonds is 7. The molecule has 6 nitrogen and oxygen atoms in total. The van der Waals surface area contributed by atoms with Crippen LogP contribution in [0.4, 0.5) is 4.79 Å².